The van der Waals surface area contributed by atoms with Crippen LogP contribution in [0.15, 0.2) is 42.5 Å². The first-order valence-corrected chi connectivity index (χ1v) is 8.76. The lowest BCUT2D eigenvalue weighted by molar-refractivity contribution is 0.101. The number of morpholine rings is 1. The van der Waals surface area contributed by atoms with Gasteiger partial charge < -0.3 is 14.5 Å². The lowest BCUT2D eigenvalue weighted by Crippen LogP contribution is -2.36. The number of rotatable bonds is 5. The van der Waals surface area contributed by atoms with Gasteiger partial charge in [-0.3, -0.25) is 4.79 Å². The van der Waals surface area contributed by atoms with Crippen molar-refractivity contribution in [2.24, 2.45) is 0 Å². The monoisotopic (exact) mass is 349 g/mol. The number of Topliss-reactive ketones (excluding diaryl/α,β-unsaturated/α-hetero) is 1. The number of ether oxygens (including phenoxy) is 1. The Balaban J connectivity index is 1.75. The maximum absolute atomic E-state index is 11.7. The van der Waals surface area contributed by atoms with E-state index in [1.165, 1.54) is 12.6 Å². The number of carbonyl (C=O) groups is 1. The number of hydrogen-bond acceptors (Lipinski definition) is 5. The summed E-state index contributed by atoms with van der Waals surface area (Å²) in [5.74, 6) is -0.000922. The summed E-state index contributed by atoms with van der Waals surface area (Å²) >= 11 is 0. The van der Waals surface area contributed by atoms with Gasteiger partial charge in [-0.1, -0.05) is 12.1 Å². The van der Waals surface area contributed by atoms with Crippen LogP contribution in [0.25, 0.3) is 0 Å². The standard InChI is InChI=1S/C21H23N3O2/c1-16(25)18-5-6-19(14-22)21(13-18)23(2)15-17-3-7-20(8-4-17)24-9-11-26-12-10-24/h3-8,13H,9-12,15H2,1-2H3. The Labute approximate surface area is 154 Å². The van der Waals surface area contributed by atoms with Crippen molar-refractivity contribution in [2.45, 2.75) is 13.5 Å². The Morgan fingerprint density at radius 1 is 1.19 bits per heavy atom. The van der Waals surface area contributed by atoms with E-state index in [9.17, 15) is 10.1 Å². The minimum atomic E-state index is -0.000922. The molecule has 1 fully saturated rings. The molecule has 1 aliphatic heterocycles. The van der Waals surface area contributed by atoms with Gasteiger partial charge in [0.05, 0.1) is 24.5 Å². The topological polar surface area (TPSA) is 56.6 Å². The minimum absolute atomic E-state index is 0.000922. The van der Waals surface area contributed by atoms with Crippen molar-refractivity contribution in [3.05, 3.63) is 59.2 Å². The quantitative estimate of drug-likeness (QED) is 0.776. The third-order valence-electron chi connectivity index (χ3n) is 4.67. The second-order valence-electron chi connectivity index (χ2n) is 6.52. The van der Waals surface area contributed by atoms with Crippen LogP contribution in [0.5, 0.6) is 0 Å². The van der Waals surface area contributed by atoms with Crippen molar-refractivity contribution < 1.29 is 9.53 Å². The number of ketones is 1. The third kappa shape index (κ3) is 4.04. The van der Waals surface area contributed by atoms with E-state index in [4.69, 9.17) is 4.74 Å². The second kappa shape index (κ2) is 8.03. The van der Waals surface area contributed by atoms with Gasteiger partial charge in [-0.2, -0.15) is 5.26 Å². The van der Waals surface area contributed by atoms with Crippen LogP contribution in [0.3, 0.4) is 0 Å². The van der Waals surface area contributed by atoms with Gasteiger partial charge in [-0.05, 0) is 42.8 Å². The van der Waals surface area contributed by atoms with Crippen LogP contribution >= 0.6 is 0 Å². The molecule has 26 heavy (non-hydrogen) atoms. The average Bonchev–Trinajstić information content (AvgIpc) is 2.68. The molecule has 5 heteroatoms. The van der Waals surface area contributed by atoms with Gasteiger partial charge >= 0.3 is 0 Å². The Morgan fingerprint density at radius 2 is 1.88 bits per heavy atom. The van der Waals surface area contributed by atoms with Crippen LogP contribution in [-0.2, 0) is 11.3 Å². The number of anilines is 2. The number of benzene rings is 2. The molecule has 1 saturated heterocycles. The smallest absolute Gasteiger partial charge is 0.159 e. The molecule has 0 bridgehead atoms. The fourth-order valence-corrected chi connectivity index (χ4v) is 3.15. The zero-order chi connectivity index (χ0) is 18.5. The maximum atomic E-state index is 11.7. The number of carbonyl (C=O) groups excluding carboxylic acids is 1. The molecule has 0 spiro atoms. The molecule has 0 saturated carbocycles. The summed E-state index contributed by atoms with van der Waals surface area (Å²) in [5, 5.41) is 9.37. The van der Waals surface area contributed by atoms with E-state index in [-0.39, 0.29) is 5.78 Å². The number of hydrogen-bond donors (Lipinski definition) is 0. The molecule has 2 aromatic rings. The Bertz CT molecular complexity index is 818. The molecule has 0 N–H and O–H groups in total. The van der Waals surface area contributed by atoms with Crippen LogP contribution in [-0.4, -0.2) is 39.1 Å². The highest BCUT2D eigenvalue weighted by Crippen LogP contribution is 2.24. The second-order valence-corrected chi connectivity index (χ2v) is 6.52. The van der Waals surface area contributed by atoms with Crippen LogP contribution in [0.2, 0.25) is 0 Å². The Morgan fingerprint density at radius 3 is 2.50 bits per heavy atom. The molecule has 0 unspecified atom stereocenters. The summed E-state index contributed by atoms with van der Waals surface area (Å²) < 4.78 is 5.40. The van der Waals surface area contributed by atoms with Crippen LogP contribution in [0.4, 0.5) is 11.4 Å². The minimum Gasteiger partial charge on any atom is -0.378 e. The van der Waals surface area contributed by atoms with E-state index in [1.54, 1.807) is 18.2 Å². The van der Waals surface area contributed by atoms with E-state index in [0.29, 0.717) is 17.7 Å². The van der Waals surface area contributed by atoms with Gasteiger partial charge in [0.15, 0.2) is 5.78 Å². The maximum Gasteiger partial charge on any atom is 0.159 e. The van der Waals surface area contributed by atoms with Crippen LogP contribution in [0.1, 0.15) is 28.4 Å². The Hall–Kier alpha value is -2.84. The molecule has 3 rings (SSSR count). The van der Waals surface area contributed by atoms with Crippen molar-refractivity contribution in [1.29, 1.82) is 5.26 Å². The summed E-state index contributed by atoms with van der Waals surface area (Å²) in [7, 11) is 1.94. The van der Waals surface area contributed by atoms with E-state index < -0.39 is 0 Å². The molecular weight excluding hydrogens is 326 g/mol. The number of nitriles is 1. The first kappa shape index (κ1) is 18.0. The lowest BCUT2D eigenvalue weighted by Gasteiger charge is -2.29. The molecule has 134 valence electrons. The van der Waals surface area contributed by atoms with Crippen molar-refractivity contribution in [2.75, 3.05) is 43.2 Å². The molecule has 0 atom stereocenters. The summed E-state index contributed by atoms with van der Waals surface area (Å²) in [5.41, 5.74) is 4.33. The fraction of sp³-hybridized carbons (Fsp3) is 0.333. The molecule has 1 aliphatic rings. The van der Waals surface area contributed by atoms with Gasteiger partial charge in [0.2, 0.25) is 0 Å². The average molecular weight is 349 g/mol. The van der Waals surface area contributed by atoms with Gasteiger partial charge in [-0.15, -0.1) is 0 Å². The molecular formula is C21H23N3O2. The molecule has 5 nitrogen and oxygen atoms in total. The summed E-state index contributed by atoms with van der Waals surface area (Å²) in [6.45, 7) is 5.59. The van der Waals surface area contributed by atoms with Crippen LogP contribution in [0, 0.1) is 11.3 Å². The zero-order valence-corrected chi connectivity index (χ0v) is 15.2. The van der Waals surface area contributed by atoms with E-state index >= 15 is 0 Å². The van der Waals surface area contributed by atoms with Crippen LogP contribution < -0.4 is 9.80 Å². The highest BCUT2D eigenvalue weighted by Gasteiger charge is 2.13. The van der Waals surface area contributed by atoms with Gasteiger partial charge in [0.25, 0.3) is 0 Å². The van der Waals surface area contributed by atoms with E-state index in [1.807, 2.05) is 11.9 Å². The SMILES string of the molecule is CC(=O)c1ccc(C#N)c(N(C)Cc2ccc(N3CCOCC3)cc2)c1. The highest BCUT2D eigenvalue weighted by molar-refractivity contribution is 5.95. The van der Waals surface area contributed by atoms with Crippen molar-refractivity contribution in [3.63, 3.8) is 0 Å². The number of nitrogens with zero attached hydrogens (tertiary/aromatic N) is 3. The largest absolute Gasteiger partial charge is 0.378 e. The van der Waals surface area contributed by atoms with Gasteiger partial charge in [0.1, 0.15) is 6.07 Å². The fourth-order valence-electron chi connectivity index (χ4n) is 3.15. The van der Waals surface area contributed by atoms with E-state index in [2.05, 4.69) is 35.2 Å². The van der Waals surface area contributed by atoms with Gasteiger partial charge in [0, 0.05) is 37.9 Å². The lowest BCUT2D eigenvalue weighted by atomic mass is 10.1. The van der Waals surface area contributed by atoms with Crippen molar-refractivity contribution >= 4 is 17.2 Å². The molecule has 1 heterocycles. The third-order valence-corrected chi connectivity index (χ3v) is 4.67. The van der Waals surface area contributed by atoms with Gasteiger partial charge in [-0.25, -0.2) is 0 Å². The van der Waals surface area contributed by atoms with Crippen molar-refractivity contribution in [1.82, 2.24) is 0 Å². The summed E-state index contributed by atoms with van der Waals surface area (Å²) in [4.78, 5) is 16.0. The predicted molar refractivity (Wildman–Crippen MR) is 103 cm³/mol. The van der Waals surface area contributed by atoms with Crippen molar-refractivity contribution in [3.8, 4) is 6.07 Å². The first-order chi connectivity index (χ1) is 12.6. The highest BCUT2D eigenvalue weighted by atomic mass is 16.5. The molecule has 2 aromatic carbocycles. The predicted octanol–water partition coefficient (Wildman–Crippen LogP) is 3.23. The molecule has 0 aromatic heterocycles. The van der Waals surface area contributed by atoms with E-state index in [0.717, 1.165) is 37.6 Å². The zero-order valence-electron chi connectivity index (χ0n) is 15.2. The first-order valence-electron chi connectivity index (χ1n) is 8.76. The normalized spacial score (nSPS) is 14.0. The molecule has 0 amide bonds. The summed E-state index contributed by atoms with van der Waals surface area (Å²) in [6, 6.07) is 15.9. The molecule has 0 aliphatic carbocycles. The Kier molecular flexibility index (Phi) is 5.55. The molecule has 0 radical (unpaired) electrons. The summed E-state index contributed by atoms with van der Waals surface area (Å²) in [6.07, 6.45) is 0.